The number of hydrogen-bond donors (Lipinski definition) is 0. The van der Waals surface area contributed by atoms with Gasteiger partial charge < -0.3 is 4.90 Å². The summed E-state index contributed by atoms with van der Waals surface area (Å²) in [7, 11) is 1.83. The monoisotopic (exact) mass is 209 g/mol. The van der Waals surface area contributed by atoms with E-state index in [9.17, 15) is 4.79 Å². The molecule has 1 heterocycles. The molecule has 0 bridgehead atoms. The van der Waals surface area contributed by atoms with Gasteiger partial charge in [0, 0.05) is 25.0 Å². The van der Waals surface area contributed by atoms with E-state index in [1.807, 2.05) is 25.2 Å². The Morgan fingerprint density at radius 1 is 1.29 bits per heavy atom. The van der Waals surface area contributed by atoms with Crippen LogP contribution < -0.4 is 0 Å². The van der Waals surface area contributed by atoms with Gasteiger partial charge in [0.25, 0.3) is 0 Å². The largest absolute Gasteiger partial charge is 0.341 e. The third kappa shape index (κ3) is 1.75. The molecule has 0 saturated carbocycles. The molecule has 0 radical (unpaired) electrons. The fourth-order valence-corrected chi connectivity index (χ4v) is 1.96. The molecule has 1 aromatic carbocycles. The maximum atomic E-state index is 11.5. The summed E-state index contributed by atoms with van der Waals surface area (Å²) in [6.07, 6.45) is 1.43. The van der Waals surface area contributed by atoms with E-state index in [-0.39, 0.29) is 5.91 Å². The third-order valence-corrected chi connectivity index (χ3v) is 2.84. The number of fused-ring (bicyclic) bond motifs is 1. The number of carbonyl (C=O) groups excluding carboxylic acids is 1. The van der Waals surface area contributed by atoms with Gasteiger partial charge in [-0.05, 0) is 29.7 Å². The van der Waals surface area contributed by atoms with Gasteiger partial charge in [0.05, 0.1) is 0 Å². The Labute approximate surface area is 88.5 Å². The van der Waals surface area contributed by atoms with E-state index < -0.39 is 0 Å². The maximum Gasteiger partial charge on any atom is 0.222 e. The average Bonchev–Trinajstić information content (AvgIpc) is 2.27. The van der Waals surface area contributed by atoms with Crippen LogP contribution in [0.3, 0.4) is 0 Å². The Balaban J connectivity index is 2.38. The summed E-state index contributed by atoms with van der Waals surface area (Å²) in [5.41, 5.74) is 2.41. The van der Waals surface area contributed by atoms with Crippen molar-refractivity contribution in [3.63, 3.8) is 0 Å². The van der Waals surface area contributed by atoms with E-state index in [0.717, 1.165) is 11.4 Å². The maximum absolute atomic E-state index is 11.5. The smallest absolute Gasteiger partial charge is 0.222 e. The van der Waals surface area contributed by atoms with Crippen LogP contribution in [0.25, 0.3) is 0 Å². The number of benzene rings is 1. The minimum Gasteiger partial charge on any atom is -0.341 e. The van der Waals surface area contributed by atoms with E-state index in [0.29, 0.717) is 13.0 Å². The molecule has 3 heteroatoms. The lowest BCUT2D eigenvalue weighted by Gasteiger charge is -2.14. The fraction of sp³-hybridized carbons (Fsp3) is 0.364. The summed E-state index contributed by atoms with van der Waals surface area (Å²) in [4.78, 5) is 13.2. The zero-order valence-corrected chi connectivity index (χ0v) is 8.84. The van der Waals surface area contributed by atoms with E-state index in [4.69, 9.17) is 11.6 Å². The minimum absolute atomic E-state index is 0.206. The molecular weight excluding hydrogens is 198 g/mol. The molecule has 1 amide bonds. The predicted octanol–water partition coefficient (Wildman–Crippen LogP) is 2.24. The molecule has 2 nitrogen and oxygen atoms in total. The first-order chi connectivity index (χ1) is 6.66. The van der Waals surface area contributed by atoms with E-state index in [1.165, 1.54) is 11.1 Å². The summed E-state index contributed by atoms with van der Waals surface area (Å²) in [6, 6.07) is 5.85. The van der Waals surface area contributed by atoms with Crippen LogP contribution in [0.15, 0.2) is 18.2 Å². The van der Waals surface area contributed by atoms with Crippen molar-refractivity contribution in [1.29, 1.82) is 0 Å². The summed E-state index contributed by atoms with van der Waals surface area (Å²) < 4.78 is 0. The van der Waals surface area contributed by atoms with Crippen LogP contribution >= 0.6 is 11.6 Å². The molecule has 1 aliphatic rings. The van der Waals surface area contributed by atoms with Crippen molar-refractivity contribution in [2.24, 2.45) is 0 Å². The van der Waals surface area contributed by atoms with Crippen LogP contribution in [0.5, 0.6) is 0 Å². The van der Waals surface area contributed by atoms with Gasteiger partial charge >= 0.3 is 0 Å². The van der Waals surface area contributed by atoms with Crippen molar-refractivity contribution in [3.8, 4) is 0 Å². The van der Waals surface area contributed by atoms with Crippen LogP contribution in [0.2, 0.25) is 5.02 Å². The summed E-state index contributed by atoms with van der Waals surface area (Å²) in [5.74, 6) is 0.206. The van der Waals surface area contributed by atoms with Crippen LogP contribution in [-0.4, -0.2) is 17.9 Å². The molecule has 0 spiro atoms. The number of aryl methyl sites for hydroxylation is 1. The second-order valence-electron chi connectivity index (χ2n) is 3.66. The molecule has 1 aromatic rings. The van der Waals surface area contributed by atoms with Crippen LogP contribution in [0.4, 0.5) is 0 Å². The zero-order valence-electron chi connectivity index (χ0n) is 8.09. The van der Waals surface area contributed by atoms with Gasteiger partial charge in [-0.1, -0.05) is 17.7 Å². The SMILES string of the molecule is CN1Cc2cc(Cl)ccc2CCC1=O. The number of amides is 1. The quantitative estimate of drug-likeness (QED) is 0.642. The molecule has 0 unspecified atom stereocenters. The summed E-state index contributed by atoms with van der Waals surface area (Å²) in [5, 5.41) is 0.742. The molecule has 14 heavy (non-hydrogen) atoms. The van der Waals surface area contributed by atoms with Crippen molar-refractivity contribution < 1.29 is 4.79 Å². The Morgan fingerprint density at radius 3 is 2.86 bits per heavy atom. The first-order valence-electron chi connectivity index (χ1n) is 4.68. The molecule has 1 aliphatic heterocycles. The van der Waals surface area contributed by atoms with Gasteiger partial charge in [-0.2, -0.15) is 0 Å². The predicted molar refractivity (Wildman–Crippen MR) is 56.2 cm³/mol. The third-order valence-electron chi connectivity index (χ3n) is 2.61. The Hall–Kier alpha value is -1.02. The van der Waals surface area contributed by atoms with Gasteiger partial charge in [0.2, 0.25) is 5.91 Å². The molecule has 0 fully saturated rings. The molecule has 0 N–H and O–H groups in total. The van der Waals surface area contributed by atoms with Crippen molar-refractivity contribution in [2.75, 3.05) is 7.05 Å². The molecule has 74 valence electrons. The molecule has 0 saturated heterocycles. The minimum atomic E-state index is 0.206. The van der Waals surface area contributed by atoms with Crippen molar-refractivity contribution in [2.45, 2.75) is 19.4 Å². The topological polar surface area (TPSA) is 20.3 Å². The molecular formula is C11H12ClNO. The highest BCUT2D eigenvalue weighted by atomic mass is 35.5. The summed E-state index contributed by atoms with van der Waals surface area (Å²) in [6.45, 7) is 0.675. The first kappa shape index (κ1) is 9.53. The normalized spacial score (nSPS) is 16.4. The van der Waals surface area contributed by atoms with Gasteiger partial charge in [-0.3, -0.25) is 4.79 Å². The highest BCUT2D eigenvalue weighted by molar-refractivity contribution is 6.30. The van der Waals surface area contributed by atoms with Crippen LogP contribution in [0, 0.1) is 0 Å². The lowest BCUT2D eigenvalue weighted by atomic mass is 10.0. The number of halogens is 1. The highest BCUT2D eigenvalue weighted by Crippen LogP contribution is 2.21. The highest BCUT2D eigenvalue weighted by Gasteiger charge is 2.16. The van der Waals surface area contributed by atoms with Crippen molar-refractivity contribution >= 4 is 17.5 Å². The molecule has 0 aromatic heterocycles. The second-order valence-corrected chi connectivity index (χ2v) is 4.10. The summed E-state index contributed by atoms with van der Waals surface area (Å²) >= 11 is 5.91. The molecule has 2 rings (SSSR count). The second kappa shape index (κ2) is 3.62. The average molecular weight is 210 g/mol. The number of hydrogen-bond acceptors (Lipinski definition) is 1. The Kier molecular flexibility index (Phi) is 2.46. The number of nitrogens with zero attached hydrogens (tertiary/aromatic N) is 1. The molecule has 0 atom stereocenters. The standard InChI is InChI=1S/C11H12ClNO/c1-13-7-9-6-10(12)4-2-8(9)3-5-11(13)14/h2,4,6H,3,5,7H2,1H3. The van der Waals surface area contributed by atoms with E-state index in [2.05, 4.69) is 0 Å². The number of rotatable bonds is 0. The number of carbonyl (C=O) groups is 1. The van der Waals surface area contributed by atoms with Gasteiger partial charge in [0.15, 0.2) is 0 Å². The Morgan fingerprint density at radius 2 is 2.07 bits per heavy atom. The van der Waals surface area contributed by atoms with Crippen LogP contribution in [-0.2, 0) is 17.8 Å². The van der Waals surface area contributed by atoms with Crippen LogP contribution in [0.1, 0.15) is 17.5 Å². The van der Waals surface area contributed by atoms with Gasteiger partial charge in [0.1, 0.15) is 0 Å². The van der Waals surface area contributed by atoms with Gasteiger partial charge in [-0.25, -0.2) is 0 Å². The van der Waals surface area contributed by atoms with E-state index >= 15 is 0 Å². The van der Waals surface area contributed by atoms with Crippen molar-refractivity contribution in [3.05, 3.63) is 34.3 Å². The van der Waals surface area contributed by atoms with E-state index in [1.54, 1.807) is 4.90 Å². The van der Waals surface area contributed by atoms with Gasteiger partial charge in [-0.15, -0.1) is 0 Å². The lowest BCUT2D eigenvalue weighted by molar-refractivity contribution is -0.130. The zero-order chi connectivity index (χ0) is 10.1. The fourth-order valence-electron chi connectivity index (χ4n) is 1.76. The van der Waals surface area contributed by atoms with Crippen molar-refractivity contribution in [1.82, 2.24) is 4.90 Å². The first-order valence-corrected chi connectivity index (χ1v) is 5.06. The Bertz CT molecular complexity index is 376. The lowest BCUT2D eigenvalue weighted by Crippen LogP contribution is -2.24. The molecule has 0 aliphatic carbocycles.